The number of anilines is 2. The summed E-state index contributed by atoms with van der Waals surface area (Å²) in [6.45, 7) is 2.78. The summed E-state index contributed by atoms with van der Waals surface area (Å²) in [5.41, 5.74) is 0.444. The Bertz CT molecular complexity index is 569. The standard InChI is InChI=1S/C12H11F5N2O2/c1-6-3-4-8(5-9(6)18-7(2)20)19-10(21)11(13,14)12(15,16)17/h3-5H,1-2H3,(H,18,20)(H,19,21). The summed E-state index contributed by atoms with van der Waals surface area (Å²) in [6.07, 6.45) is -5.98. The van der Waals surface area contributed by atoms with Crippen molar-refractivity contribution >= 4 is 23.2 Å². The largest absolute Gasteiger partial charge is 0.463 e. The van der Waals surface area contributed by atoms with Gasteiger partial charge in [0.15, 0.2) is 0 Å². The van der Waals surface area contributed by atoms with Crippen molar-refractivity contribution < 1.29 is 31.5 Å². The van der Waals surface area contributed by atoms with E-state index in [-0.39, 0.29) is 11.4 Å². The van der Waals surface area contributed by atoms with Crippen molar-refractivity contribution in [2.75, 3.05) is 10.6 Å². The molecule has 2 amide bonds. The first kappa shape index (κ1) is 16.9. The van der Waals surface area contributed by atoms with Crippen molar-refractivity contribution in [1.29, 1.82) is 0 Å². The zero-order chi connectivity index (χ0) is 16.4. The average Bonchev–Trinajstić information content (AvgIpc) is 2.31. The molecule has 0 saturated carbocycles. The van der Waals surface area contributed by atoms with E-state index in [1.165, 1.54) is 18.3 Å². The highest BCUT2D eigenvalue weighted by Gasteiger charge is 2.63. The Hall–Kier alpha value is -2.19. The molecule has 21 heavy (non-hydrogen) atoms. The molecule has 1 aromatic carbocycles. The minimum absolute atomic E-state index is 0.190. The van der Waals surface area contributed by atoms with Gasteiger partial charge in [0.1, 0.15) is 0 Å². The third-order valence-electron chi connectivity index (χ3n) is 2.45. The summed E-state index contributed by atoms with van der Waals surface area (Å²) in [6, 6.07) is 3.58. The molecule has 0 saturated heterocycles. The molecule has 0 spiro atoms. The number of carbonyl (C=O) groups excluding carboxylic acids is 2. The van der Waals surface area contributed by atoms with Crippen molar-refractivity contribution in [3.63, 3.8) is 0 Å². The van der Waals surface area contributed by atoms with Crippen LogP contribution in [0.1, 0.15) is 12.5 Å². The predicted octanol–water partition coefficient (Wildman–Crippen LogP) is 3.09. The minimum atomic E-state index is -5.98. The van der Waals surface area contributed by atoms with Crippen molar-refractivity contribution in [3.05, 3.63) is 23.8 Å². The Morgan fingerprint density at radius 1 is 1.05 bits per heavy atom. The fourth-order valence-corrected chi connectivity index (χ4v) is 1.36. The third-order valence-corrected chi connectivity index (χ3v) is 2.45. The highest BCUT2D eigenvalue weighted by molar-refractivity contribution is 5.98. The number of rotatable bonds is 3. The van der Waals surface area contributed by atoms with Crippen molar-refractivity contribution in [3.8, 4) is 0 Å². The minimum Gasteiger partial charge on any atom is -0.326 e. The van der Waals surface area contributed by atoms with Crippen LogP contribution < -0.4 is 10.6 Å². The molecule has 0 aliphatic rings. The van der Waals surface area contributed by atoms with E-state index in [1.807, 2.05) is 0 Å². The van der Waals surface area contributed by atoms with Crippen LogP contribution >= 0.6 is 0 Å². The fourth-order valence-electron chi connectivity index (χ4n) is 1.36. The molecular formula is C12H11F5N2O2. The van der Waals surface area contributed by atoms with Crippen molar-refractivity contribution in [2.45, 2.75) is 25.9 Å². The second-order valence-electron chi connectivity index (χ2n) is 4.24. The van der Waals surface area contributed by atoms with E-state index >= 15 is 0 Å². The van der Waals surface area contributed by atoms with Crippen LogP contribution in [0.5, 0.6) is 0 Å². The lowest BCUT2D eigenvalue weighted by Gasteiger charge is -2.19. The maximum atomic E-state index is 12.8. The van der Waals surface area contributed by atoms with E-state index in [0.29, 0.717) is 5.56 Å². The van der Waals surface area contributed by atoms with Gasteiger partial charge in [0.2, 0.25) is 5.91 Å². The van der Waals surface area contributed by atoms with Crippen molar-refractivity contribution in [2.24, 2.45) is 0 Å². The Morgan fingerprint density at radius 2 is 1.62 bits per heavy atom. The highest BCUT2D eigenvalue weighted by Crippen LogP contribution is 2.36. The molecule has 0 bridgehead atoms. The molecule has 4 nitrogen and oxygen atoms in total. The van der Waals surface area contributed by atoms with Gasteiger partial charge in [-0.3, -0.25) is 9.59 Å². The van der Waals surface area contributed by atoms with Crippen LogP contribution in [0.2, 0.25) is 0 Å². The average molecular weight is 310 g/mol. The predicted molar refractivity (Wildman–Crippen MR) is 65.1 cm³/mol. The second kappa shape index (κ2) is 5.66. The monoisotopic (exact) mass is 310 g/mol. The molecule has 9 heteroatoms. The summed E-state index contributed by atoms with van der Waals surface area (Å²) in [7, 11) is 0. The first-order valence-corrected chi connectivity index (χ1v) is 5.59. The van der Waals surface area contributed by atoms with E-state index in [9.17, 15) is 31.5 Å². The van der Waals surface area contributed by atoms with E-state index in [0.717, 1.165) is 12.1 Å². The fraction of sp³-hybridized carbons (Fsp3) is 0.333. The van der Waals surface area contributed by atoms with Gasteiger partial charge in [-0.15, -0.1) is 0 Å². The Balaban J connectivity index is 2.99. The number of hydrogen-bond acceptors (Lipinski definition) is 2. The number of nitrogens with one attached hydrogen (secondary N) is 2. The molecule has 0 heterocycles. The molecule has 0 aliphatic heterocycles. The van der Waals surface area contributed by atoms with Crippen LogP contribution in [0.25, 0.3) is 0 Å². The zero-order valence-corrected chi connectivity index (χ0v) is 10.9. The number of alkyl halides is 5. The maximum Gasteiger partial charge on any atom is 0.463 e. The Morgan fingerprint density at radius 3 is 2.10 bits per heavy atom. The molecular weight excluding hydrogens is 299 g/mol. The van der Waals surface area contributed by atoms with Gasteiger partial charge in [-0.25, -0.2) is 0 Å². The van der Waals surface area contributed by atoms with Crippen LogP contribution in [0.15, 0.2) is 18.2 Å². The maximum absolute atomic E-state index is 12.8. The second-order valence-corrected chi connectivity index (χ2v) is 4.24. The van der Waals surface area contributed by atoms with Gasteiger partial charge in [0.25, 0.3) is 0 Å². The molecule has 0 fully saturated rings. The lowest BCUT2D eigenvalue weighted by Crippen LogP contribution is -2.47. The summed E-state index contributed by atoms with van der Waals surface area (Å²) < 4.78 is 61.7. The molecule has 1 aromatic rings. The van der Waals surface area contributed by atoms with Gasteiger partial charge in [0, 0.05) is 18.3 Å². The van der Waals surface area contributed by atoms with Crippen LogP contribution in [-0.4, -0.2) is 23.9 Å². The first-order valence-electron chi connectivity index (χ1n) is 5.59. The molecule has 1 rings (SSSR count). The van der Waals surface area contributed by atoms with Gasteiger partial charge in [0.05, 0.1) is 0 Å². The van der Waals surface area contributed by atoms with E-state index in [2.05, 4.69) is 5.32 Å². The smallest absolute Gasteiger partial charge is 0.326 e. The summed E-state index contributed by atoms with van der Waals surface area (Å²) in [5.74, 6) is -8.46. The van der Waals surface area contributed by atoms with E-state index in [1.54, 1.807) is 6.92 Å². The van der Waals surface area contributed by atoms with Crippen LogP contribution in [0.3, 0.4) is 0 Å². The number of halogens is 5. The van der Waals surface area contributed by atoms with Gasteiger partial charge in [-0.05, 0) is 24.6 Å². The van der Waals surface area contributed by atoms with Gasteiger partial charge in [-0.1, -0.05) is 6.07 Å². The highest BCUT2D eigenvalue weighted by atomic mass is 19.4. The molecule has 0 aromatic heterocycles. The van der Waals surface area contributed by atoms with Crippen molar-refractivity contribution in [1.82, 2.24) is 0 Å². The Labute approximate surface area is 116 Å². The summed E-state index contributed by atoms with van der Waals surface area (Å²) >= 11 is 0. The SMILES string of the molecule is CC(=O)Nc1cc(NC(=O)C(F)(F)C(F)(F)F)ccc1C. The number of benzene rings is 1. The molecule has 0 aliphatic carbocycles. The van der Waals surface area contributed by atoms with Crippen LogP contribution in [-0.2, 0) is 9.59 Å². The first-order chi connectivity index (χ1) is 9.45. The molecule has 0 unspecified atom stereocenters. The normalized spacial score (nSPS) is 12.0. The summed E-state index contributed by atoms with van der Waals surface area (Å²) in [4.78, 5) is 22.0. The van der Waals surface area contributed by atoms with Crippen LogP contribution in [0.4, 0.5) is 33.3 Å². The van der Waals surface area contributed by atoms with E-state index < -0.39 is 23.9 Å². The molecule has 0 radical (unpaired) electrons. The topological polar surface area (TPSA) is 58.2 Å². The quantitative estimate of drug-likeness (QED) is 0.843. The number of carbonyl (C=O) groups is 2. The van der Waals surface area contributed by atoms with Gasteiger partial charge in [-0.2, -0.15) is 22.0 Å². The number of aryl methyl sites for hydroxylation is 1. The van der Waals surface area contributed by atoms with Gasteiger partial charge < -0.3 is 10.6 Å². The third kappa shape index (κ3) is 3.89. The van der Waals surface area contributed by atoms with Crippen LogP contribution in [0, 0.1) is 6.92 Å². The number of amides is 2. The zero-order valence-electron chi connectivity index (χ0n) is 10.9. The lowest BCUT2D eigenvalue weighted by atomic mass is 10.1. The number of hydrogen-bond donors (Lipinski definition) is 2. The Kier molecular flexibility index (Phi) is 4.55. The molecule has 116 valence electrons. The lowest BCUT2D eigenvalue weighted by molar-refractivity contribution is -0.267. The molecule has 0 atom stereocenters. The van der Waals surface area contributed by atoms with Gasteiger partial charge >= 0.3 is 18.0 Å². The molecule has 2 N–H and O–H groups in total. The summed E-state index contributed by atoms with van der Waals surface area (Å²) in [5, 5.41) is 3.83. The van der Waals surface area contributed by atoms with E-state index in [4.69, 9.17) is 0 Å².